The fraction of sp³-hybridized carbons (Fsp3) is 0.318. The zero-order chi connectivity index (χ0) is 19.7. The summed E-state index contributed by atoms with van der Waals surface area (Å²) in [5.74, 6) is 0.154. The van der Waals surface area contributed by atoms with Gasteiger partial charge in [0.1, 0.15) is 0 Å². The van der Waals surface area contributed by atoms with Crippen LogP contribution in [0.15, 0.2) is 42.5 Å². The second kappa shape index (κ2) is 7.46. The number of carbonyl (C=O) groups excluding carboxylic acids is 2. The Morgan fingerprint density at radius 1 is 1.25 bits per heavy atom. The molecular weight excluding hydrogens is 352 g/mol. The fourth-order valence-corrected chi connectivity index (χ4v) is 3.82. The highest BCUT2D eigenvalue weighted by Crippen LogP contribution is 2.32. The molecule has 2 amide bonds. The van der Waals surface area contributed by atoms with Crippen molar-refractivity contribution in [1.29, 1.82) is 0 Å². The maximum Gasteiger partial charge on any atom is 0.287 e. The molecule has 1 aliphatic heterocycles. The number of anilines is 1. The van der Waals surface area contributed by atoms with E-state index in [9.17, 15) is 9.59 Å². The average molecular weight is 376 g/mol. The molecule has 0 unspecified atom stereocenters. The Hall–Kier alpha value is -3.15. The highest BCUT2D eigenvalue weighted by Gasteiger charge is 2.29. The van der Waals surface area contributed by atoms with Crippen LogP contribution < -0.4 is 10.2 Å². The monoisotopic (exact) mass is 376 g/mol. The lowest BCUT2D eigenvalue weighted by Gasteiger charge is -2.22. The Balaban J connectivity index is 1.30. The number of carbonyl (C=O) groups is 2. The molecule has 0 saturated carbocycles. The van der Waals surface area contributed by atoms with Crippen LogP contribution in [0.5, 0.6) is 0 Å². The maximum atomic E-state index is 12.7. The number of amides is 2. The molecule has 1 aliphatic rings. The predicted octanol–water partition coefficient (Wildman–Crippen LogP) is 3.36. The van der Waals surface area contributed by atoms with Gasteiger partial charge in [-0.2, -0.15) is 0 Å². The summed E-state index contributed by atoms with van der Waals surface area (Å²) in [6.07, 6.45) is 1.89. The third-order valence-electron chi connectivity index (χ3n) is 5.18. The van der Waals surface area contributed by atoms with Gasteiger partial charge in [-0.05, 0) is 56.0 Å². The van der Waals surface area contributed by atoms with Crippen LogP contribution in [0.3, 0.4) is 0 Å². The van der Waals surface area contributed by atoms with Crippen molar-refractivity contribution < 1.29 is 9.59 Å². The summed E-state index contributed by atoms with van der Waals surface area (Å²) in [6.45, 7) is 4.50. The molecule has 0 saturated heterocycles. The van der Waals surface area contributed by atoms with Crippen LogP contribution in [-0.2, 0) is 11.2 Å². The molecule has 1 atom stereocenters. The Kier molecular flexibility index (Phi) is 4.86. The molecule has 0 bridgehead atoms. The lowest BCUT2D eigenvalue weighted by atomic mass is 10.1. The number of aryl methyl sites for hydroxylation is 1. The molecule has 2 heterocycles. The second-order valence-electron chi connectivity index (χ2n) is 7.41. The van der Waals surface area contributed by atoms with E-state index in [2.05, 4.69) is 28.3 Å². The van der Waals surface area contributed by atoms with Crippen LogP contribution >= 0.6 is 0 Å². The molecule has 2 N–H and O–H groups in total. The number of H-pyrrole nitrogens is 1. The largest absolute Gasteiger partial charge is 0.349 e. The highest BCUT2D eigenvalue weighted by molar-refractivity contribution is 5.96. The van der Waals surface area contributed by atoms with E-state index in [1.54, 1.807) is 0 Å². The van der Waals surface area contributed by atoms with Crippen LogP contribution in [0.1, 0.15) is 41.5 Å². The standard InChI is InChI=1S/C22H24N4O2/c1-14-9-10-17-18(12-14)25-21(24-17)22(28)23-11-5-8-20(27)26-15(2)13-16-6-3-4-7-19(16)26/h3-4,6-7,9-10,12,15H,5,8,11,13H2,1-2H3,(H,23,28)(H,24,25)/t15-/m1/s1. The molecule has 2 aromatic carbocycles. The zero-order valence-corrected chi connectivity index (χ0v) is 16.2. The van der Waals surface area contributed by atoms with Gasteiger partial charge >= 0.3 is 0 Å². The minimum atomic E-state index is -0.249. The molecule has 0 fully saturated rings. The first-order valence-corrected chi connectivity index (χ1v) is 9.67. The summed E-state index contributed by atoms with van der Waals surface area (Å²) in [7, 11) is 0. The Labute approximate surface area is 164 Å². The van der Waals surface area contributed by atoms with E-state index in [-0.39, 0.29) is 17.9 Å². The van der Waals surface area contributed by atoms with Crippen molar-refractivity contribution in [3.05, 3.63) is 59.4 Å². The molecule has 6 nitrogen and oxygen atoms in total. The minimum Gasteiger partial charge on any atom is -0.349 e. The van der Waals surface area contributed by atoms with Crippen molar-refractivity contribution in [2.45, 2.75) is 39.2 Å². The molecular formula is C22H24N4O2. The number of para-hydroxylation sites is 1. The molecule has 144 valence electrons. The van der Waals surface area contributed by atoms with Crippen LogP contribution in [0.2, 0.25) is 0 Å². The number of nitrogens with zero attached hydrogens (tertiary/aromatic N) is 2. The number of aromatic nitrogens is 2. The van der Waals surface area contributed by atoms with E-state index >= 15 is 0 Å². The average Bonchev–Trinajstić information content (AvgIpc) is 3.24. The van der Waals surface area contributed by atoms with Gasteiger partial charge in [0.2, 0.25) is 5.91 Å². The molecule has 0 spiro atoms. The molecule has 1 aromatic heterocycles. The SMILES string of the molecule is Cc1ccc2nc(C(=O)NCCCC(=O)N3c4ccccc4C[C@H]3C)[nH]c2c1. The van der Waals surface area contributed by atoms with Crippen LogP contribution in [0.4, 0.5) is 5.69 Å². The van der Waals surface area contributed by atoms with Gasteiger partial charge in [0.05, 0.1) is 11.0 Å². The lowest BCUT2D eigenvalue weighted by molar-refractivity contribution is -0.119. The van der Waals surface area contributed by atoms with Crippen molar-refractivity contribution in [1.82, 2.24) is 15.3 Å². The summed E-state index contributed by atoms with van der Waals surface area (Å²) in [6, 6.07) is 14.1. The van der Waals surface area contributed by atoms with Gasteiger partial charge < -0.3 is 15.2 Å². The molecule has 28 heavy (non-hydrogen) atoms. The van der Waals surface area contributed by atoms with Gasteiger partial charge in [0.15, 0.2) is 5.82 Å². The quantitative estimate of drug-likeness (QED) is 0.670. The summed E-state index contributed by atoms with van der Waals surface area (Å²) in [5.41, 5.74) is 4.97. The second-order valence-corrected chi connectivity index (χ2v) is 7.41. The van der Waals surface area contributed by atoms with E-state index in [4.69, 9.17) is 0 Å². The van der Waals surface area contributed by atoms with Crippen LogP contribution in [0, 0.1) is 6.92 Å². The topological polar surface area (TPSA) is 78.1 Å². The van der Waals surface area contributed by atoms with Crippen molar-refractivity contribution in [3.63, 3.8) is 0 Å². The first-order valence-electron chi connectivity index (χ1n) is 9.67. The van der Waals surface area contributed by atoms with Gasteiger partial charge in [-0.15, -0.1) is 0 Å². The number of rotatable bonds is 5. The third kappa shape index (κ3) is 3.50. The summed E-state index contributed by atoms with van der Waals surface area (Å²) in [4.78, 5) is 34.3. The smallest absolute Gasteiger partial charge is 0.287 e. The van der Waals surface area contributed by atoms with Crippen LogP contribution in [0.25, 0.3) is 11.0 Å². The third-order valence-corrected chi connectivity index (χ3v) is 5.18. The van der Waals surface area contributed by atoms with Gasteiger partial charge in [-0.1, -0.05) is 24.3 Å². The maximum absolute atomic E-state index is 12.7. The summed E-state index contributed by atoms with van der Waals surface area (Å²) >= 11 is 0. The van der Waals surface area contributed by atoms with Gasteiger partial charge in [0.25, 0.3) is 5.91 Å². The van der Waals surface area contributed by atoms with E-state index in [0.717, 1.165) is 28.7 Å². The Morgan fingerprint density at radius 3 is 2.93 bits per heavy atom. The summed E-state index contributed by atoms with van der Waals surface area (Å²) < 4.78 is 0. The van der Waals surface area contributed by atoms with E-state index < -0.39 is 0 Å². The molecule has 0 aliphatic carbocycles. The number of hydrogen-bond donors (Lipinski definition) is 2. The van der Waals surface area contributed by atoms with Crippen LogP contribution in [-0.4, -0.2) is 34.4 Å². The van der Waals surface area contributed by atoms with Crippen molar-refractivity contribution in [2.75, 3.05) is 11.4 Å². The molecule has 3 aromatic rings. The number of benzene rings is 2. The van der Waals surface area contributed by atoms with E-state index in [1.807, 2.05) is 48.2 Å². The lowest BCUT2D eigenvalue weighted by Crippen LogP contribution is -2.36. The number of imidazole rings is 1. The first kappa shape index (κ1) is 18.2. The van der Waals surface area contributed by atoms with Gasteiger partial charge in [-0.3, -0.25) is 9.59 Å². The number of fused-ring (bicyclic) bond motifs is 2. The highest BCUT2D eigenvalue weighted by atomic mass is 16.2. The molecule has 0 radical (unpaired) electrons. The normalized spacial score (nSPS) is 15.6. The van der Waals surface area contributed by atoms with Crippen molar-refractivity contribution >= 4 is 28.5 Å². The number of nitrogens with one attached hydrogen (secondary N) is 2. The predicted molar refractivity (Wildman–Crippen MR) is 109 cm³/mol. The van der Waals surface area contributed by atoms with E-state index in [0.29, 0.717) is 25.2 Å². The van der Waals surface area contributed by atoms with Gasteiger partial charge in [0, 0.05) is 24.7 Å². The molecule has 4 rings (SSSR count). The minimum absolute atomic E-state index is 0.103. The number of aromatic amines is 1. The van der Waals surface area contributed by atoms with Crippen molar-refractivity contribution in [2.24, 2.45) is 0 Å². The number of hydrogen-bond acceptors (Lipinski definition) is 3. The van der Waals surface area contributed by atoms with Crippen molar-refractivity contribution in [3.8, 4) is 0 Å². The Bertz CT molecular complexity index is 1040. The molecule has 6 heteroatoms. The van der Waals surface area contributed by atoms with E-state index in [1.165, 1.54) is 5.56 Å². The Morgan fingerprint density at radius 2 is 2.07 bits per heavy atom. The first-order chi connectivity index (χ1) is 13.5. The zero-order valence-electron chi connectivity index (χ0n) is 16.2. The summed E-state index contributed by atoms with van der Waals surface area (Å²) in [5, 5.41) is 2.85. The van der Waals surface area contributed by atoms with Gasteiger partial charge in [-0.25, -0.2) is 4.98 Å². The fourth-order valence-electron chi connectivity index (χ4n) is 3.82.